The van der Waals surface area contributed by atoms with E-state index in [0.29, 0.717) is 16.0 Å². The number of ketones is 1. The molecule has 0 spiro atoms. The number of non-ortho nitro benzene ring substituents is 1. The number of aromatic hydroxyl groups is 2. The summed E-state index contributed by atoms with van der Waals surface area (Å²) in [5.74, 6) is -2.37. The standard InChI is InChI=1S/C23H14FN3O6S/c1-11-5-8-16(33-11)20(28)18-19(12-3-2-4-13(24)9-12)26(22(30)21(18)29)23-25-15-7-6-14(27(31)32)10-17(15)34-23/h2-10,29-30H,1H3. The van der Waals surface area contributed by atoms with E-state index in [2.05, 4.69) is 4.98 Å². The molecule has 9 nitrogen and oxygen atoms in total. The van der Waals surface area contributed by atoms with Crippen molar-refractivity contribution in [3.63, 3.8) is 0 Å². The second-order valence-electron chi connectivity index (χ2n) is 7.39. The van der Waals surface area contributed by atoms with E-state index < -0.39 is 28.2 Å². The minimum absolute atomic E-state index is 0.0119. The lowest BCUT2D eigenvalue weighted by Gasteiger charge is -2.09. The van der Waals surface area contributed by atoms with E-state index in [1.54, 1.807) is 13.0 Å². The van der Waals surface area contributed by atoms with Crippen molar-refractivity contribution in [2.45, 2.75) is 6.92 Å². The molecule has 0 saturated heterocycles. The van der Waals surface area contributed by atoms with Gasteiger partial charge in [0.05, 0.1) is 26.4 Å². The van der Waals surface area contributed by atoms with Gasteiger partial charge in [0, 0.05) is 17.7 Å². The summed E-state index contributed by atoms with van der Waals surface area (Å²) in [6, 6.07) is 12.4. The minimum Gasteiger partial charge on any atom is -0.503 e. The maximum Gasteiger partial charge on any atom is 0.270 e. The summed E-state index contributed by atoms with van der Waals surface area (Å²) < 4.78 is 21.1. The molecule has 34 heavy (non-hydrogen) atoms. The molecule has 5 rings (SSSR count). The normalized spacial score (nSPS) is 11.2. The zero-order chi connectivity index (χ0) is 24.1. The monoisotopic (exact) mass is 479 g/mol. The molecular weight excluding hydrogens is 465 g/mol. The van der Waals surface area contributed by atoms with Gasteiger partial charge in [-0.05, 0) is 37.3 Å². The Kier molecular flexibility index (Phi) is 4.91. The van der Waals surface area contributed by atoms with Crippen molar-refractivity contribution in [3.05, 3.63) is 87.6 Å². The number of aryl methyl sites for hydroxylation is 1. The fraction of sp³-hybridized carbons (Fsp3) is 0.0435. The molecule has 0 atom stereocenters. The Balaban J connectivity index is 1.80. The van der Waals surface area contributed by atoms with Gasteiger partial charge in [0.1, 0.15) is 11.6 Å². The smallest absolute Gasteiger partial charge is 0.270 e. The Morgan fingerprint density at radius 1 is 1.18 bits per heavy atom. The summed E-state index contributed by atoms with van der Waals surface area (Å²) in [6.07, 6.45) is 0. The van der Waals surface area contributed by atoms with Gasteiger partial charge in [0.2, 0.25) is 11.7 Å². The fourth-order valence-electron chi connectivity index (χ4n) is 3.65. The number of nitro benzene ring substituents is 1. The van der Waals surface area contributed by atoms with Crippen LogP contribution < -0.4 is 0 Å². The quantitative estimate of drug-likeness (QED) is 0.197. The van der Waals surface area contributed by atoms with E-state index in [9.17, 15) is 29.5 Å². The van der Waals surface area contributed by atoms with Crippen molar-refractivity contribution in [2.75, 3.05) is 0 Å². The van der Waals surface area contributed by atoms with Gasteiger partial charge in [0.25, 0.3) is 5.69 Å². The maximum absolute atomic E-state index is 14.1. The first kappa shape index (κ1) is 21.3. The Labute approximate surface area is 194 Å². The van der Waals surface area contributed by atoms with Crippen molar-refractivity contribution in [2.24, 2.45) is 0 Å². The number of rotatable bonds is 5. The maximum atomic E-state index is 14.1. The third-order valence-corrected chi connectivity index (χ3v) is 6.18. The molecule has 5 aromatic rings. The zero-order valence-electron chi connectivity index (χ0n) is 17.4. The molecule has 0 unspecified atom stereocenters. The summed E-state index contributed by atoms with van der Waals surface area (Å²) in [5.41, 5.74) is 0.131. The number of carbonyl (C=O) groups excluding carboxylic acids is 1. The lowest BCUT2D eigenvalue weighted by molar-refractivity contribution is -0.384. The number of carbonyl (C=O) groups is 1. The molecule has 0 aliphatic rings. The van der Waals surface area contributed by atoms with Crippen molar-refractivity contribution in [1.29, 1.82) is 0 Å². The number of thiazole rings is 1. The molecule has 3 aromatic heterocycles. The number of aromatic nitrogens is 2. The SMILES string of the molecule is Cc1ccc(C(=O)c2c(O)c(O)n(-c3nc4ccc([N+](=O)[O-])cc4s3)c2-c2cccc(F)c2)o1. The van der Waals surface area contributed by atoms with E-state index in [1.807, 2.05) is 0 Å². The first-order valence-electron chi connectivity index (χ1n) is 9.83. The highest BCUT2D eigenvalue weighted by molar-refractivity contribution is 7.20. The Bertz CT molecular complexity index is 1620. The predicted octanol–water partition coefficient (Wildman–Crippen LogP) is 5.34. The average molecular weight is 479 g/mol. The van der Waals surface area contributed by atoms with E-state index in [4.69, 9.17) is 4.42 Å². The first-order valence-corrected chi connectivity index (χ1v) is 10.7. The minimum atomic E-state index is -0.733. The van der Waals surface area contributed by atoms with Gasteiger partial charge in [0.15, 0.2) is 16.6 Å². The van der Waals surface area contributed by atoms with Crippen molar-refractivity contribution >= 4 is 33.0 Å². The van der Waals surface area contributed by atoms with Crippen LogP contribution in [-0.2, 0) is 0 Å². The fourth-order valence-corrected chi connectivity index (χ4v) is 4.66. The van der Waals surface area contributed by atoms with Crippen LogP contribution in [0, 0.1) is 22.9 Å². The second kappa shape index (κ2) is 7.81. The highest BCUT2D eigenvalue weighted by atomic mass is 32.1. The molecule has 170 valence electrons. The molecule has 0 bridgehead atoms. The van der Waals surface area contributed by atoms with E-state index in [0.717, 1.165) is 22.0 Å². The highest BCUT2D eigenvalue weighted by Gasteiger charge is 2.32. The molecule has 0 radical (unpaired) electrons. The Morgan fingerprint density at radius 3 is 2.65 bits per heavy atom. The van der Waals surface area contributed by atoms with Crippen LogP contribution in [0.2, 0.25) is 0 Å². The zero-order valence-corrected chi connectivity index (χ0v) is 18.2. The molecule has 11 heteroatoms. The van der Waals surface area contributed by atoms with Crippen LogP contribution in [0.5, 0.6) is 11.6 Å². The number of nitro groups is 1. The largest absolute Gasteiger partial charge is 0.503 e. The lowest BCUT2D eigenvalue weighted by Crippen LogP contribution is -2.04. The second-order valence-corrected chi connectivity index (χ2v) is 8.40. The Hall–Kier alpha value is -4.51. The molecule has 0 aliphatic heterocycles. The average Bonchev–Trinajstić information content (AvgIpc) is 3.49. The van der Waals surface area contributed by atoms with Crippen LogP contribution in [0.15, 0.2) is 59.0 Å². The third kappa shape index (κ3) is 3.39. The molecule has 2 N–H and O–H groups in total. The summed E-state index contributed by atoms with van der Waals surface area (Å²) in [7, 11) is 0. The van der Waals surface area contributed by atoms with Gasteiger partial charge in [-0.3, -0.25) is 19.5 Å². The number of hydrogen-bond donors (Lipinski definition) is 2. The first-order chi connectivity index (χ1) is 16.2. The van der Waals surface area contributed by atoms with Gasteiger partial charge < -0.3 is 14.6 Å². The summed E-state index contributed by atoms with van der Waals surface area (Å²) in [6.45, 7) is 1.65. The van der Waals surface area contributed by atoms with Crippen LogP contribution in [-0.4, -0.2) is 30.5 Å². The summed E-state index contributed by atoms with van der Waals surface area (Å²) in [4.78, 5) is 28.3. The van der Waals surface area contributed by atoms with E-state index in [1.165, 1.54) is 42.5 Å². The molecular formula is C23H14FN3O6S. The molecule has 0 aliphatic carbocycles. The highest BCUT2D eigenvalue weighted by Crippen LogP contribution is 2.45. The molecule has 0 saturated carbocycles. The van der Waals surface area contributed by atoms with Crippen molar-refractivity contribution in [1.82, 2.24) is 9.55 Å². The predicted molar refractivity (Wildman–Crippen MR) is 121 cm³/mol. The molecule has 0 fully saturated rings. The number of fused-ring (bicyclic) bond motifs is 1. The van der Waals surface area contributed by atoms with Gasteiger partial charge >= 0.3 is 0 Å². The third-order valence-electron chi connectivity index (χ3n) is 5.17. The molecule has 3 heterocycles. The number of hydrogen-bond acceptors (Lipinski definition) is 8. The molecule has 0 amide bonds. The lowest BCUT2D eigenvalue weighted by atomic mass is 10.0. The molecule has 2 aromatic carbocycles. The number of nitrogens with zero attached hydrogens (tertiary/aromatic N) is 3. The van der Waals surface area contributed by atoms with Crippen LogP contribution in [0.25, 0.3) is 26.6 Å². The van der Waals surface area contributed by atoms with Gasteiger partial charge in [-0.1, -0.05) is 23.5 Å². The summed E-state index contributed by atoms with van der Waals surface area (Å²) >= 11 is 0.991. The number of furan rings is 1. The van der Waals surface area contributed by atoms with Crippen LogP contribution in [0.1, 0.15) is 21.9 Å². The topological polar surface area (TPSA) is 132 Å². The van der Waals surface area contributed by atoms with Gasteiger partial charge in [-0.25, -0.2) is 9.37 Å². The Morgan fingerprint density at radius 2 is 1.97 bits per heavy atom. The van der Waals surface area contributed by atoms with E-state index in [-0.39, 0.29) is 33.4 Å². The van der Waals surface area contributed by atoms with E-state index >= 15 is 0 Å². The van der Waals surface area contributed by atoms with Crippen molar-refractivity contribution < 1.29 is 28.7 Å². The van der Waals surface area contributed by atoms with Crippen LogP contribution >= 0.6 is 11.3 Å². The number of benzene rings is 2. The van der Waals surface area contributed by atoms with Crippen LogP contribution in [0.3, 0.4) is 0 Å². The summed E-state index contributed by atoms with van der Waals surface area (Å²) in [5, 5.41) is 32.9. The van der Waals surface area contributed by atoms with Gasteiger partial charge in [-0.2, -0.15) is 0 Å². The van der Waals surface area contributed by atoms with Gasteiger partial charge in [-0.15, -0.1) is 0 Å². The number of halogens is 1. The van der Waals surface area contributed by atoms with Crippen molar-refractivity contribution in [3.8, 4) is 28.0 Å². The van der Waals surface area contributed by atoms with Crippen LogP contribution in [0.4, 0.5) is 10.1 Å².